The van der Waals surface area contributed by atoms with E-state index in [2.05, 4.69) is 38.8 Å². The average molecular weight is 513 g/mol. The molecule has 0 saturated carbocycles. The molecule has 196 valence electrons. The Morgan fingerprint density at radius 3 is 2.24 bits per heavy atom. The third-order valence-corrected chi connectivity index (χ3v) is 9.73. The highest BCUT2D eigenvalue weighted by atomic mass is 32.2. The summed E-state index contributed by atoms with van der Waals surface area (Å²) in [7, 11) is -4.49. The molecule has 1 unspecified atom stereocenters. The largest absolute Gasteiger partial charge is 0.415 e. The minimum atomic E-state index is -2.76. The van der Waals surface area contributed by atoms with Crippen LogP contribution in [-0.4, -0.2) is 66.4 Å². The van der Waals surface area contributed by atoms with Crippen LogP contribution in [0, 0.1) is 18.8 Å². The lowest BCUT2D eigenvalue weighted by Gasteiger charge is -2.26. The van der Waals surface area contributed by atoms with Gasteiger partial charge in [-0.3, -0.25) is 0 Å². The average Bonchev–Trinajstić information content (AvgIpc) is 2.96. The maximum atomic E-state index is 14.6. The number of hydrogen-bond donors (Lipinski definition) is 2. The van der Waals surface area contributed by atoms with Gasteiger partial charge in [-0.05, 0) is 71.3 Å². The predicted octanol–water partition coefficient (Wildman–Crippen LogP) is 4.85. The quantitative estimate of drug-likeness (QED) is 0.438. The Labute approximate surface area is 209 Å². The lowest BCUT2D eigenvalue weighted by atomic mass is 9.99. The lowest BCUT2D eigenvalue weighted by Crippen LogP contribution is -2.41. The maximum absolute atomic E-state index is 14.6. The molecule has 0 spiro atoms. The van der Waals surface area contributed by atoms with Crippen LogP contribution in [0.2, 0.25) is 19.6 Å². The van der Waals surface area contributed by atoms with Crippen molar-refractivity contribution >= 4 is 18.0 Å². The highest BCUT2D eigenvalue weighted by Crippen LogP contribution is 2.28. The summed E-state index contributed by atoms with van der Waals surface area (Å²) in [6.45, 7) is 21.6. The first-order chi connectivity index (χ1) is 15.5. The molecule has 0 radical (unpaired) electrons. The fourth-order valence-corrected chi connectivity index (χ4v) is 7.17. The molecule has 1 aliphatic heterocycles. The Morgan fingerprint density at radius 2 is 1.74 bits per heavy atom. The second kappa shape index (κ2) is 11.5. The van der Waals surface area contributed by atoms with Crippen LogP contribution in [0.25, 0.3) is 0 Å². The number of rotatable bonds is 10. The summed E-state index contributed by atoms with van der Waals surface area (Å²) in [4.78, 5) is 0.745. The summed E-state index contributed by atoms with van der Waals surface area (Å²) in [6, 6.07) is 7.37. The molecule has 34 heavy (non-hydrogen) atoms. The molecule has 0 aliphatic carbocycles. The number of nitrogens with zero attached hydrogens (tertiary/aromatic N) is 1. The Kier molecular flexibility index (Phi) is 9.98. The number of aliphatic hydroxyl groups excluding tert-OH is 1. The van der Waals surface area contributed by atoms with Gasteiger partial charge >= 0.3 is 0 Å². The van der Waals surface area contributed by atoms with E-state index in [1.807, 2.05) is 58.9 Å². The van der Waals surface area contributed by atoms with Crippen molar-refractivity contribution in [3.05, 3.63) is 29.8 Å². The Hall–Kier alpha value is -0.773. The van der Waals surface area contributed by atoms with Gasteiger partial charge in [0.2, 0.25) is 0 Å². The molecule has 1 aliphatic rings. The second-order valence-corrected chi connectivity index (χ2v) is 18.9. The highest BCUT2D eigenvalue weighted by Gasteiger charge is 2.41. The van der Waals surface area contributed by atoms with Crippen LogP contribution in [0.3, 0.4) is 0 Å². The zero-order chi connectivity index (χ0) is 25.9. The van der Waals surface area contributed by atoms with Crippen molar-refractivity contribution in [2.24, 2.45) is 16.2 Å². The number of nitrogens with one attached hydrogen (secondary N) is 1. The standard InChI is InChI=1S/C26H48N2O4SSi/c1-18(2)22(16-32-34(8,9)10)28-33(30,21-13-11-19(3)12-14-21)17-24-20(4)25(29)23(27-24)15-31-26(5,6)7/h11-14,18,20,22-25,27,29H,15-17H2,1-10H3/t20-,22-,23+,24-,25-,33?/m1/s1. The highest BCUT2D eigenvalue weighted by molar-refractivity contribution is 7.93. The van der Waals surface area contributed by atoms with Gasteiger partial charge in [0.15, 0.2) is 8.32 Å². The monoisotopic (exact) mass is 512 g/mol. The van der Waals surface area contributed by atoms with Gasteiger partial charge in [-0.1, -0.05) is 38.5 Å². The van der Waals surface area contributed by atoms with Crippen LogP contribution in [0.4, 0.5) is 0 Å². The molecule has 0 amide bonds. The molecule has 6 nitrogen and oxygen atoms in total. The number of aryl methyl sites for hydroxylation is 1. The van der Waals surface area contributed by atoms with Crippen LogP contribution in [-0.2, 0) is 18.9 Å². The van der Waals surface area contributed by atoms with E-state index >= 15 is 0 Å². The summed E-state index contributed by atoms with van der Waals surface area (Å²) in [5, 5.41) is 14.4. The van der Waals surface area contributed by atoms with E-state index < -0.39 is 24.2 Å². The van der Waals surface area contributed by atoms with E-state index in [1.165, 1.54) is 0 Å². The van der Waals surface area contributed by atoms with Gasteiger partial charge in [0.1, 0.15) is 0 Å². The number of hydrogen-bond acceptors (Lipinski definition) is 6. The molecule has 1 heterocycles. The van der Waals surface area contributed by atoms with Crippen LogP contribution < -0.4 is 5.32 Å². The number of aliphatic hydroxyl groups is 1. The summed E-state index contributed by atoms with van der Waals surface area (Å²) in [5.41, 5.74) is 0.837. The topological polar surface area (TPSA) is 80.2 Å². The molecule has 2 N–H and O–H groups in total. The number of benzene rings is 1. The fraction of sp³-hybridized carbons (Fsp3) is 0.769. The lowest BCUT2D eigenvalue weighted by molar-refractivity contribution is -0.0297. The van der Waals surface area contributed by atoms with Crippen molar-refractivity contribution in [2.45, 2.75) is 103 Å². The van der Waals surface area contributed by atoms with Gasteiger partial charge < -0.3 is 19.6 Å². The van der Waals surface area contributed by atoms with E-state index in [0.29, 0.717) is 19.0 Å². The Bertz CT molecular complexity index is 899. The van der Waals surface area contributed by atoms with E-state index in [1.54, 1.807) is 0 Å². The molecule has 1 saturated heterocycles. The summed E-state index contributed by atoms with van der Waals surface area (Å²) in [6.07, 6.45) is -0.565. The zero-order valence-electron chi connectivity index (χ0n) is 22.9. The van der Waals surface area contributed by atoms with Gasteiger partial charge in [0.05, 0.1) is 52.5 Å². The molecule has 1 aromatic rings. The molecular weight excluding hydrogens is 464 g/mol. The molecule has 0 bridgehead atoms. The summed E-state index contributed by atoms with van der Waals surface area (Å²) in [5.74, 6) is 0.483. The molecule has 6 atom stereocenters. The summed E-state index contributed by atoms with van der Waals surface area (Å²) < 4.78 is 31.8. The predicted molar refractivity (Wildman–Crippen MR) is 144 cm³/mol. The Morgan fingerprint density at radius 1 is 1.15 bits per heavy atom. The zero-order valence-corrected chi connectivity index (χ0v) is 24.7. The van der Waals surface area contributed by atoms with Gasteiger partial charge in [0.25, 0.3) is 0 Å². The maximum Gasteiger partial charge on any atom is 0.183 e. The van der Waals surface area contributed by atoms with Gasteiger partial charge in [0, 0.05) is 10.9 Å². The van der Waals surface area contributed by atoms with Crippen molar-refractivity contribution in [2.75, 3.05) is 19.0 Å². The van der Waals surface area contributed by atoms with E-state index in [-0.39, 0.29) is 35.6 Å². The normalized spacial score (nSPS) is 26.5. The number of ether oxygens (including phenoxy) is 1. The van der Waals surface area contributed by atoms with E-state index in [9.17, 15) is 9.32 Å². The Balaban J connectivity index is 2.38. The van der Waals surface area contributed by atoms with Crippen LogP contribution in [0.5, 0.6) is 0 Å². The fourth-order valence-electron chi connectivity index (χ4n) is 3.91. The van der Waals surface area contributed by atoms with Crippen LogP contribution >= 0.6 is 0 Å². The molecule has 0 aromatic heterocycles. The third kappa shape index (κ3) is 8.71. The molecule has 1 fully saturated rings. The van der Waals surface area contributed by atoms with Crippen LogP contribution in [0.15, 0.2) is 33.5 Å². The van der Waals surface area contributed by atoms with Gasteiger partial charge in [-0.15, -0.1) is 0 Å². The van der Waals surface area contributed by atoms with Crippen LogP contribution in [0.1, 0.15) is 47.1 Å². The molecule has 8 heteroatoms. The molecule has 2 rings (SSSR count). The molecular formula is C26H48N2O4SSi. The van der Waals surface area contributed by atoms with Gasteiger partial charge in [-0.25, -0.2) is 8.57 Å². The summed E-state index contributed by atoms with van der Waals surface area (Å²) >= 11 is 0. The minimum absolute atomic E-state index is 0.0641. The van der Waals surface area contributed by atoms with Crippen molar-refractivity contribution in [3.63, 3.8) is 0 Å². The van der Waals surface area contributed by atoms with E-state index in [0.717, 1.165) is 10.5 Å². The van der Waals surface area contributed by atoms with Crippen molar-refractivity contribution in [3.8, 4) is 0 Å². The van der Waals surface area contributed by atoms with Crippen molar-refractivity contribution in [1.29, 1.82) is 0 Å². The smallest absolute Gasteiger partial charge is 0.183 e. The van der Waals surface area contributed by atoms with E-state index in [4.69, 9.17) is 13.5 Å². The molecule has 1 aromatic carbocycles. The van der Waals surface area contributed by atoms with Gasteiger partial charge in [-0.2, -0.15) is 0 Å². The second-order valence-electron chi connectivity index (χ2n) is 12.1. The minimum Gasteiger partial charge on any atom is -0.415 e. The SMILES string of the molecule is Cc1ccc(S(=O)(C[C@H]2N[C@@H](COC(C)(C)C)[C@H](O)[C@@H]2C)=N[C@H](CO[Si](C)(C)C)C(C)C)cc1. The van der Waals surface area contributed by atoms with Crippen molar-refractivity contribution in [1.82, 2.24) is 5.32 Å². The first-order valence-corrected chi connectivity index (χ1v) is 17.6. The third-order valence-electron chi connectivity index (χ3n) is 6.27. The van der Waals surface area contributed by atoms with Crippen molar-refractivity contribution < 1.29 is 18.5 Å². The first kappa shape index (κ1) is 29.5. The first-order valence-electron chi connectivity index (χ1n) is 12.5.